The van der Waals surface area contributed by atoms with Gasteiger partial charge in [-0.1, -0.05) is 0 Å². The quantitative estimate of drug-likeness (QED) is 0.522. The molecular formula is C23H23N3O6. The summed E-state index contributed by atoms with van der Waals surface area (Å²) in [5.41, 5.74) is 6.31. The van der Waals surface area contributed by atoms with Gasteiger partial charge in [0.05, 0.1) is 21.3 Å². The fourth-order valence-electron chi connectivity index (χ4n) is 2.82. The monoisotopic (exact) mass is 437 g/mol. The molecule has 0 aliphatic carbocycles. The van der Waals surface area contributed by atoms with Crippen molar-refractivity contribution in [2.24, 2.45) is 0 Å². The molecule has 1 aromatic heterocycles. The van der Waals surface area contributed by atoms with Crippen molar-refractivity contribution in [3.05, 3.63) is 77.6 Å². The summed E-state index contributed by atoms with van der Waals surface area (Å²) in [6.07, 6.45) is 3.39. The van der Waals surface area contributed by atoms with Crippen LogP contribution < -0.4 is 29.8 Å². The molecule has 3 aromatic rings. The lowest BCUT2D eigenvalue weighted by atomic mass is 10.1. The third kappa shape index (κ3) is 5.45. The van der Waals surface area contributed by atoms with E-state index < -0.39 is 11.8 Å². The van der Waals surface area contributed by atoms with Crippen molar-refractivity contribution in [2.45, 2.75) is 6.61 Å². The molecule has 2 aromatic carbocycles. The predicted octanol–water partition coefficient (Wildman–Crippen LogP) is 2.76. The number of carbonyl (C=O) groups is 2. The number of rotatable bonds is 8. The molecule has 0 atom stereocenters. The van der Waals surface area contributed by atoms with Gasteiger partial charge >= 0.3 is 0 Å². The van der Waals surface area contributed by atoms with Gasteiger partial charge < -0.3 is 18.9 Å². The lowest BCUT2D eigenvalue weighted by Gasteiger charge is -2.14. The molecular weight excluding hydrogens is 414 g/mol. The Morgan fingerprint density at radius 2 is 1.34 bits per heavy atom. The lowest BCUT2D eigenvalue weighted by molar-refractivity contribution is 0.0846. The number of hydrazine groups is 1. The number of carbonyl (C=O) groups excluding carboxylic acids is 2. The maximum absolute atomic E-state index is 12.5. The summed E-state index contributed by atoms with van der Waals surface area (Å²) < 4.78 is 21.4. The highest BCUT2D eigenvalue weighted by Gasteiger charge is 2.17. The SMILES string of the molecule is COc1cc(C(=O)NNC(=O)c2ccc(OCc3ccncc3)cc2)cc(OC)c1OC. The summed E-state index contributed by atoms with van der Waals surface area (Å²) in [5, 5.41) is 0. The Bertz CT molecular complexity index is 1050. The number of aromatic nitrogens is 1. The molecule has 0 saturated carbocycles. The van der Waals surface area contributed by atoms with E-state index in [1.165, 1.54) is 33.5 Å². The number of nitrogens with zero attached hydrogens (tertiary/aromatic N) is 1. The highest BCUT2D eigenvalue weighted by Crippen LogP contribution is 2.38. The van der Waals surface area contributed by atoms with Crippen molar-refractivity contribution in [2.75, 3.05) is 21.3 Å². The average molecular weight is 437 g/mol. The Morgan fingerprint density at radius 3 is 1.88 bits per heavy atom. The zero-order valence-corrected chi connectivity index (χ0v) is 17.9. The molecule has 0 fully saturated rings. The summed E-state index contributed by atoms with van der Waals surface area (Å²) in [5.74, 6) is 0.597. The number of nitrogens with one attached hydrogen (secondary N) is 2. The predicted molar refractivity (Wildman–Crippen MR) is 116 cm³/mol. The molecule has 0 saturated heterocycles. The van der Waals surface area contributed by atoms with Crippen LogP contribution in [0.5, 0.6) is 23.0 Å². The summed E-state index contributed by atoms with van der Waals surface area (Å²) in [7, 11) is 4.37. The molecule has 2 amide bonds. The lowest BCUT2D eigenvalue weighted by Crippen LogP contribution is -2.41. The smallest absolute Gasteiger partial charge is 0.269 e. The van der Waals surface area contributed by atoms with Gasteiger partial charge in [-0.3, -0.25) is 25.4 Å². The first-order chi connectivity index (χ1) is 15.5. The van der Waals surface area contributed by atoms with Crippen molar-refractivity contribution >= 4 is 11.8 Å². The number of ether oxygens (including phenoxy) is 4. The van der Waals surface area contributed by atoms with Crippen LogP contribution in [0, 0.1) is 0 Å². The molecule has 9 nitrogen and oxygen atoms in total. The Kier molecular flexibility index (Phi) is 7.47. The van der Waals surface area contributed by atoms with Crippen molar-refractivity contribution < 1.29 is 28.5 Å². The Hall–Kier alpha value is -4.27. The minimum absolute atomic E-state index is 0.222. The molecule has 0 unspecified atom stereocenters. The molecule has 0 aliphatic heterocycles. The van der Waals surface area contributed by atoms with Gasteiger partial charge in [-0.2, -0.15) is 0 Å². The first-order valence-electron chi connectivity index (χ1n) is 9.58. The third-order valence-electron chi connectivity index (χ3n) is 4.49. The second kappa shape index (κ2) is 10.7. The van der Waals surface area contributed by atoms with Gasteiger partial charge in [0, 0.05) is 23.5 Å². The summed E-state index contributed by atoms with van der Waals surface area (Å²) in [4.78, 5) is 28.8. The number of hydrogen-bond acceptors (Lipinski definition) is 7. The zero-order chi connectivity index (χ0) is 22.9. The van der Waals surface area contributed by atoms with Crippen LogP contribution in [0.3, 0.4) is 0 Å². The Labute approximate surface area is 185 Å². The largest absolute Gasteiger partial charge is 0.493 e. The van der Waals surface area contributed by atoms with E-state index in [4.69, 9.17) is 18.9 Å². The maximum atomic E-state index is 12.5. The third-order valence-corrected chi connectivity index (χ3v) is 4.49. The van der Waals surface area contributed by atoms with E-state index in [1.54, 1.807) is 36.7 Å². The molecule has 32 heavy (non-hydrogen) atoms. The normalized spacial score (nSPS) is 10.1. The van der Waals surface area contributed by atoms with Crippen LogP contribution >= 0.6 is 0 Å². The molecule has 0 spiro atoms. The van der Waals surface area contributed by atoms with Crippen LogP contribution in [0.25, 0.3) is 0 Å². The first kappa shape index (κ1) is 22.4. The van der Waals surface area contributed by atoms with Crippen molar-refractivity contribution in [1.82, 2.24) is 15.8 Å². The highest BCUT2D eigenvalue weighted by atomic mass is 16.5. The van der Waals surface area contributed by atoms with Crippen molar-refractivity contribution in [3.8, 4) is 23.0 Å². The van der Waals surface area contributed by atoms with E-state index in [0.717, 1.165) is 5.56 Å². The van der Waals surface area contributed by atoms with Crippen LogP contribution in [0.4, 0.5) is 0 Å². The van der Waals surface area contributed by atoms with Crippen molar-refractivity contribution in [1.29, 1.82) is 0 Å². The minimum Gasteiger partial charge on any atom is -0.493 e. The molecule has 2 N–H and O–H groups in total. The molecule has 9 heteroatoms. The van der Waals surface area contributed by atoms with E-state index >= 15 is 0 Å². The molecule has 0 aliphatic rings. The topological polar surface area (TPSA) is 108 Å². The second-order valence-electron chi connectivity index (χ2n) is 6.49. The van der Waals surface area contributed by atoms with Crippen LogP contribution in [0.2, 0.25) is 0 Å². The van der Waals surface area contributed by atoms with Gasteiger partial charge in [-0.15, -0.1) is 0 Å². The molecule has 0 radical (unpaired) electrons. The van der Waals surface area contributed by atoms with Gasteiger partial charge in [-0.05, 0) is 54.1 Å². The van der Waals surface area contributed by atoms with Gasteiger partial charge in [0.1, 0.15) is 12.4 Å². The van der Waals surface area contributed by atoms with Gasteiger partial charge in [-0.25, -0.2) is 0 Å². The minimum atomic E-state index is -0.546. The summed E-state index contributed by atoms with van der Waals surface area (Å²) in [6.45, 7) is 0.388. The summed E-state index contributed by atoms with van der Waals surface area (Å²) >= 11 is 0. The van der Waals surface area contributed by atoms with Crippen LogP contribution in [0.1, 0.15) is 26.3 Å². The molecule has 166 valence electrons. The van der Waals surface area contributed by atoms with E-state index in [9.17, 15) is 9.59 Å². The molecule has 1 heterocycles. The van der Waals surface area contributed by atoms with Crippen molar-refractivity contribution in [3.63, 3.8) is 0 Å². The maximum Gasteiger partial charge on any atom is 0.269 e. The van der Waals surface area contributed by atoms with Crippen LogP contribution in [-0.2, 0) is 6.61 Å². The second-order valence-corrected chi connectivity index (χ2v) is 6.49. The van der Waals surface area contributed by atoms with Gasteiger partial charge in [0.15, 0.2) is 11.5 Å². The zero-order valence-electron chi connectivity index (χ0n) is 17.9. The summed E-state index contributed by atoms with van der Waals surface area (Å²) in [6, 6.07) is 13.2. The van der Waals surface area contributed by atoms with Crippen LogP contribution in [0.15, 0.2) is 60.9 Å². The Morgan fingerprint density at radius 1 is 0.781 bits per heavy atom. The van der Waals surface area contributed by atoms with Gasteiger partial charge in [0.25, 0.3) is 11.8 Å². The van der Waals surface area contributed by atoms with E-state index in [2.05, 4.69) is 15.8 Å². The standard InChI is InChI=1S/C23H23N3O6/c1-29-19-12-17(13-20(30-2)21(19)31-3)23(28)26-25-22(27)16-4-6-18(7-5-16)32-14-15-8-10-24-11-9-15/h4-13H,14H2,1-3H3,(H,25,27)(H,26,28). The fourth-order valence-corrected chi connectivity index (χ4v) is 2.82. The van der Waals surface area contributed by atoms with E-state index in [0.29, 0.717) is 35.2 Å². The number of pyridine rings is 1. The average Bonchev–Trinajstić information content (AvgIpc) is 2.85. The number of benzene rings is 2. The first-order valence-corrected chi connectivity index (χ1v) is 9.58. The van der Waals surface area contributed by atoms with E-state index in [1.807, 2.05) is 12.1 Å². The molecule has 3 rings (SSSR count). The number of hydrogen-bond donors (Lipinski definition) is 2. The number of methoxy groups -OCH3 is 3. The Balaban J connectivity index is 1.58. The van der Waals surface area contributed by atoms with Crippen LogP contribution in [-0.4, -0.2) is 38.1 Å². The fraction of sp³-hybridized carbons (Fsp3) is 0.174. The van der Waals surface area contributed by atoms with Gasteiger partial charge in [0.2, 0.25) is 5.75 Å². The highest BCUT2D eigenvalue weighted by molar-refractivity contribution is 5.99. The molecule has 0 bridgehead atoms. The van der Waals surface area contributed by atoms with E-state index in [-0.39, 0.29) is 5.56 Å². The number of amides is 2.